The standard InChI is InChI=1S/C16H25NO2S/c1-3-12-4-6-13(7-5-12)9-17-10-14-8-15(16(18)19)20-11(14)2/h8,12-13,17H,3-7,9-10H2,1-2H3,(H,18,19). The lowest BCUT2D eigenvalue weighted by atomic mass is 9.81. The molecule has 1 aromatic rings. The van der Waals surface area contributed by atoms with E-state index in [2.05, 4.69) is 12.2 Å². The molecule has 0 atom stereocenters. The van der Waals surface area contributed by atoms with E-state index in [9.17, 15) is 4.79 Å². The Morgan fingerprint density at radius 2 is 2.00 bits per heavy atom. The lowest BCUT2D eigenvalue weighted by molar-refractivity contribution is 0.0702. The largest absolute Gasteiger partial charge is 0.477 e. The molecule has 4 heteroatoms. The predicted molar refractivity (Wildman–Crippen MR) is 83.5 cm³/mol. The van der Waals surface area contributed by atoms with Crippen molar-refractivity contribution in [3.05, 3.63) is 21.4 Å². The summed E-state index contributed by atoms with van der Waals surface area (Å²) in [5.74, 6) is 0.932. The van der Waals surface area contributed by atoms with Crippen LogP contribution in [0.3, 0.4) is 0 Å². The summed E-state index contributed by atoms with van der Waals surface area (Å²) in [5, 5.41) is 12.5. The minimum absolute atomic E-state index is 0.447. The molecule has 1 heterocycles. The molecule has 0 amide bonds. The van der Waals surface area contributed by atoms with E-state index in [1.807, 2.05) is 13.0 Å². The number of carboxylic acid groups (broad SMARTS) is 1. The molecule has 0 saturated heterocycles. The van der Waals surface area contributed by atoms with Gasteiger partial charge >= 0.3 is 5.97 Å². The van der Waals surface area contributed by atoms with E-state index in [-0.39, 0.29) is 0 Å². The smallest absolute Gasteiger partial charge is 0.345 e. The van der Waals surface area contributed by atoms with E-state index in [1.54, 1.807) is 0 Å². The van der Waals surface area contributed by atoms with Crippen molar-refractivity contribution in [1.82, 2.24) is 5.32 Å². The second-order valence-corrected chi connectivity index (χ2v) is 7.18. The van der Waals surface area contributed by atoms with Crippen molar-refractivity contribution in [2.24, 2.45) is 11.8 Å². The van der Waals surface area contributed by atoms with Gasteiger partial charge in [0.1, 0.15) is 4.88 Å². The third kappa shape index (κ3) is 4.06. The molecule has 1 fully saturated rings. The highest BCUT2D eigenvalue weighted by molar-refractivity contribution is 7.14. The lowest BCUT2D eigenvalue weighted by Gasteiger charge is -2.27. The summed E-state index contributed by atoms with van der Waals surface area (Å²) in [6, 6.07) is 1.81. The summed E-state index contributed by atoms with van der Waals surface area (Å²) >= 11 is 1.37. The molecule has 1 aromatic heterocycles. The average molecular weight is 295 g/mol. The van der Waals surface area contributed by atoms with Crippen LogP contribution in [0.2, 0.25) is 0 Å². The fourth-order valence-corrected chi connectivity index (χ4v) is 3.94. The normalized spacial score (nSPS) is 22.9. The number of carbonyl (C=O) groups is 1. The molecule has 1 aliphatic carbocycles. The van der Waals surface area contributed by atoms with Crippen LogP contribution >= 0.6 is 11.3 Å². The van der Waals surface area contributed by atoms with E-state index in [1.165, 1.54) is 43.4 Å². The first-order valence-electron chi connectivity index (χ1n) is 7.63. The molecule has 1 saturated carbocycles. The first-order chi connectivity index (χ1) is 9.60. The highest BCUT2D eigenvalue weighted by Gasteiger charge is 2.19. The molecule has 0 aliphatic heterocycles. The molecule has 20 heavy (non-hydrogen) atoms. The Balaban J connectivity index is 1.75. The number of nitrogens with one attached hydrogen (secondary N) is 1. The maximum absolute atomic E-state index is 10.9. The Labute approximate surface area is 125 Å². The van der Waals surface area contributed by atoms with E-state index in [0.717, 1.165) is 35.4 Å². The van der Waals surface area contributed by atoms with Crippen molar-refractivity contribution in [3.63, 3.8) is 0 Å². The molecule has 2 rings (SSSR count). The van der Waals surface area contributed by atoms with Crippen molar-refractivity contribution in [2.45, 2.75) is 52.5 Å². The SMILES string of the molecule is CCC1CCC(CNCc2cc(C(=O)O)sc2C)CC1. The maximum atomic E-state index is 10.9. The van der Waals surface area contributed by atoms with E-state index < -0.39 is 5.97 Å². The van der Waals surface area contributed by atoms with Crippen LogP contribution in [0.15, 0.2) is 6.07 Å². The highest BCUT2D eigenvalue weighted by Crippen LogP contribution is 2.30. The number of thiophene rings is 1. The van der Waals surface area contributed by atoms with Crippen LogP contribution in [0.1, 0.15) is 59.1 Å². The van der Waals surface area contributed by atoms with E-state index in [4.69, 9.17) is 5.11 Å². The van der Waals surface area contributed by atoms with Crippen LogP contribution in [0.25, 0.3) is 0 Å². The van der Waals surface area contributed by atoms with Crippen molar-refractivity contribution in [3.8, 4) is 0 Å². The van der Waals surface area contributed by atoms with E-state index in [0.29, 0.717) is 4.88 Å². The number of rotatable bonds is 6. The van der Waals surface area contributed by atoms with Gasteiger partial charge in [-0.05, 0) is 49.8 Å². The Morgan fingerprint density at radius 1 is 1.35 bits per heavy atom. The summed E-state index contributed by atoms with van der Waals surface area (Å²) in [6.45, 7) is 6.15. The van der Waals surface area contributed by atoms with Gasteiger partial charge in [-0.3, -0.25) is 0 Å². The van der Waals surface area contributed by atoms with Crippen LogP contribution in [0, 0.1) is 18.8 Å². The molecular weight excluding hydrogens is 270 g/mol. The fourth-order valence-electron chi connectivity index (χ4n) is 3.06. The van der Waals surface area contributed by atoms with Gasteiger partial charge in [0, 0.05) is 11.4 Å². The molecule has 112 valence electrons. The second-order valence-electron chi connectivity index (χ2n) is 5.92. The number of hydrogen-bond acceptors (Lipinski definition) is 3. The zero-order valence-electron chi connectivity index (χ0n) is 12.4. The van der Waals surface area contributed by atoms with Gasteiger partial charge in [0.2, 0.25) is 0 Å². The van der Waals surface area contributed by atoms with Crippen LogP contribution in [0.4, 0.5) is 0 Å². The molecule has 3 nitrogen and oxygen atoms in total. The summed E-state index contributed by atoms with van der Waals surface area (Å²) in [7, 11) is 0. The zero-order chi connectivity index (χ0) is 14.5. The third-order valence-corrected chi connectivity index (χ3v) is 5.60. The van der Waals surface area contributed by atoms with Gasteiger partial charge in [-0.25, -0.2) is 4.79 Å². The summed E-state index contributed by atoms with van der Waals surface area (Å²) in [5.41, 5.74) is 1.13. The highest BCUT2D eigenvalue weighted by atomic mass is 32.1. The average Bonchev–Trinajstić information content (AvgIpc) is 2.81. The topological polar surface area (TPSA) is 49.3 Å². The monoisotopic (exact) mass is 295 g/mol. The molecular formula is C16H25NO2S. The molecule has 0 unspecified atom stereocenters. The van der Waals surface area contributed by atoms with Crippen LogP contribution in [0.5, 0.6) is 0 Å². The Morgan fingerprint density at radius 3 is 2.55 bits per heavy atom. The number of hydrogen-bond donors (Lipinski definition) is 2. The summed E-state index contributed by atoms with van der Waals surface area (Å²) < 4.78 is 0. The fraction of sp³-hybridized carbons (Fsp3) is 0.688. The number of carboxylic acids is 1. The molecule has 2 N–H and O–H groups in total. The number of aryl methyl sites for hydroxylation is 1. The van der Waals surface area contributed by atoms with Crippen molar-refractivity contribution in [2.75, 3.05) is 6.54 Å². The van der Waals surface area contributed by atoms with Crippen molar-refractivity contribution < 1.29 is 9.90 Å². The molecule has 0 bridgehead atoms. The van der Waals surface area contributed by atoms with Gasteiger partial charge in [-0.15, -0.1) is 11.3 Å². The van der Waals surface area contributed by atoms with Gasteiger partial charge in [0.05, 0.1) is 0 Å². The first-order valence-corrected chi connectivity index (χ1v) is 8.45. The van der Waals surface area contributed by atoms with Crippen molar-refractivity contribution in [1.29, 1.82) is 0 Å². The van der Waals surface area contributed by atoms with Gasteiger partial charge in [0.15, 0.2) is 0 Å². The third-order valence-electron chi connectivity index (χ3n) is 4.52. The zero-order valence-corrected chi connectivity index (χ0v) is 13.3. The van der Waals surface area contributed by atoms with Gasteiger partial charge in [0.25, 0.3) is 0 Å². The Hall–Kier alpha value is -0.870. The molecule has 0 radical (unpaired) electrons. The minimum atomic E-state index is -0.817. The lowest BCUT2D eigenvalue weighted by Crippen LogP contribution is -2.26. The predicted octanol–water partition coefficient (Wildman–Crippen LogP) is 4.06. The van der Waals surface area contributed by atoms with Crippen LogP contribution < -0.4 is 5.32 Å². The van der Waals surface area contributed by atoms with Gasteiger partial charge in [-0.2, -0.15) is 0 Å². The molecule has 1 aliphatic rings. The number of aromatic carboxylic acids is 1. The Bertz CT molecular complexity index is 447. The van der Waals surface area contributed by atoms with Crippen LogP contribution in [-0.2, 0) is 6.54 Å². The van der Waals surface area contributed by atoms with Crippen LogP contribution in [-0.4, -0.2) is 17.6 Å². The molecule has 0 aromatic carbocycles. The van der Waals surface area contributed by atoms with Gasteiger partial charge < -0.3 is 10.4 Å². The quantitative estimate of drug-likeness (QED) is 0.832. The van der Waals surface area contributed by atoms with Crippen molar-refractivity contribution >= 4 is 17.3 Å². The Kier molecular flexibility index (Phi) is 5.61. The molecule has 0 spiro atoms. The second kappa shape index (κ2) is 7.23. The summed E-state index contributed by atoms with van der Waals surface area (Å²) in [6.07, 6.45) is 6.77. The van der Waals surface area contributed by atoms with Gasteiger partial charge in [-0.1, -0.05) is 26.2 Å². The van der Waals surface area contributed by atoms with E-state index >= 15 is 0 Å². The maximum Gasteiger partial charge on any atom is 0.345 e. The summed E-state index contributed by atoms with van der Waals surface area (Å²) in [4.78, 5) is 12.5. The first kappa shape index (κ1) is 15.5. The minimum Gasteiger partial charge on any atom is -0.477 e.